The second-order valence-electron chi connectivity index (χ2n) is 8.37. The SMILES string of the molecule is COC(=O)C1=C(C(=O)OC)N(c2cccc(-c3nc4ccccc4o3)c2)C(N)=C(C#N)C1c1ccccc1. The van der Waals surface area contributed by atoms with Gasteiger partial charge in [0.1, 0.15) is 17.0 Å². The first-order chi connectivity index (χ1) is 18.5. The largest absolute Gasteiger partial charge is 0.466 e. The molecule has 5 rings (SSSR count). The van der Waals surface area contributed by atoms with Gasteiger partial charge in [0.05, 0.1) is 37.4 Å². The Labute approximate surface area is 218 Å². The number of methoxy groups -OCH3 is 2. The van der Waals surface area contributed by atoms with E-state index < -0.39 is 17.9 Å². The van der Waals surface area contributed by atoms with Gasteiger partial charge in [-0.1, -0.05) is 48.5 Å². The predicted octanol–water partition coefficient (Wildman–Crippen LogP) is 4.39. The molecule has 9 heteroatoms. The highest BCUT2D eigenvalue weighted by Crippen LogP contribution is 2.43. The Hall–Kier alpha value is -5.36. The Balaban J connectivity index is 1.75. The van der Waals surface area contributed by atoms with Crippen molar-refractivity contribution in [2.45, 2.75) is 5.92 Å². The number of rotatable bonds is 5. The van der Waals surface area contributed by atoms with Gasteiger partial charge in [0.2, 0.25) is 5.89 Å². The molecule has 0 saturated heterocycles. The number of allylic oxidation sites excluding steroid dienone is 1. The summed E-state index contributed by atoms with van der Waals surface area (Å²) < 4.78 is 16.1. The van der Waals surface area contributed by atoms with E-state index in [0.29, 0.717) is 33.8 Å². The van der Waals surface area contributed by atoms with Gasteiger partial charge in [-0.3, -0.25) is 4.90 Å². The Kier molecular flexibility index (Phi) is 6.37. The maximum atomic E-state index is 13.2. The molecule has 3 aromatic carbocycles. The number of fused-ring (bicyclic) bond motifs is 1. The summed E-state index contributed by atoms with van der Waals surface area (Å²) in [4.78, 5) is 32.3. The molecule has 0 saturated carbocycles. The van der Waals surface area contributed by atoms with Gasteiger partial charge < -0.3 is 19.6 Å². The van der Waals surface area contributed by atoms with E-state index in [0.717, 1.165) is 0 Å². The average Bonchev–Trinajstić information content (AvgIpc) is 3.40. The minimum Gasteiger partial charge on any atom is -0.466 e. The topological polar surface area (TPSA) is 132 Å². The fourth-order valence-electron chi connectivity index (χ4n) is 4.56. The summed E-state index contributed by atoms with van der Waals surface area (Å²) in [6.07, 6.45) is 0. The molecule has 1 aromatic heterocycles. The van der Waals surface area contributed by atoms with Crippen molar-refractivity contribution in [3.05, 3.63) is 107 Å². The fraction of sp³-hybridized carbons (Fsp3) is 0.103. The van der Waals surface area contributed by atoms with Crippen molar-refractivity contribution >= 4 is 28.7 Å². The number of carbonyl (C=O) groups excluding carboxylic acids is 2. The Bertz CT molecular complexity index is 1630. The smallest absolute Gasteiger partial charge is 0.355 e. The number of ether oxygens (including phenoxy) is 2. The van der Waals surface area contributed by atoms with Crippen LogP contribution in [0, 0.1) is 11.3 Å². The molecule has 0 bridgehead atoms. The maximum Gasteiger partial charge on any atom is 0.355 e. The Morgan fingerprint density at radius 2 is 1.68 bits per heavy atom. The lowest BCUT2D eigenvalue weighted by Gasteiger charge is -2.36. The van der Waals surface area contributed by atoms with Crippen molar-refractivity contribution in [2.75, 3.05) is 19.1 Å². The Morgan fingerprint density at radius 1 is 0.974 bits per heavy atom. The number of hydrogen-bond donors (Lipinski definition) is 1. The van der Waals surface area contributed by atoms with E-state index in [4.69, 9.17) is 19.6 Å². The van der Waals surface area contributed by atoms with Crippen LogP contribution in [0.2, 0.25) is 0 Å². The number of nitriles is 1. The van der Waals surface area contributed by atoms with E-state index >= 15 is 0 Å². The maximum absolute atomic E-state index is 13.2. The molecular weight excluding hydrogens is 484 g/mol. The lowest BCUT2D eigenvalue weighted by Crippen LogP contribution is -2.40. The van der Waals surface area contributed by atoms with Gasteiger partial charge in [-0.25, -0.2) is 14.6 Å². The van der Waals surface area contributed by atoms with Gasteiger partial charge in [0, 0.05) is 11.3 Å². The Morgan fingerprint density at radius 3 is 2.37 bits per heavy atom. The van der Waals surface area contributed by atoms with Crippen LogP contribution in [0.1, 0.15) is 11.5 Å². The zero-order valence-electron chi connectivity index (χ0n) is 20.5. The number of anilines is 1. The zero-order chi connectivity index (χ0) is 26.8. The number of nitrogens with two attached hydrogens (primary N) is 1. The van der Waals surface area contributed by atoms with E-state index in [-0.39, 0.29) is 22.7 Å². The number of aromatic nitrogens is 1. The van der Waals surface area contributed by atoms with Gasteiger partial charge in [0.25, 0.3) is 0 Å². The highest BCUT2D eigenvalue weighted by Gasteiger charge is 2.43. The highest BCUT2D eigenvalue weighted by molar-refractivity contribution is 6.06. The number of carbonyl (C=O) groups is 2. The number of oxazole rings is 1. The van der Waals surface area contributed by atoms with Crippen LogP contribution in [0.15, 0.2) is 106 Å². The van der Waals surface area contributed by atoms with Crippen LogP contribution in [-0.4, -0.2) is 31.1 Å². The minimum atomic E-state index is -0.945. The number of nitrogens with zero attached hydrogens (tertiary/aromatic N) is 3. The summed E-state index contributed by atoms with van der Waals surface area (Å²) >= 11 is 0. The molecule has 9 nitrogen and oxygen atoms in total. The first-order valence-corrected chi connectivity index (χ1v) is 11.6. The van der Waals surface area contributed by atoms with Gasteiger partial charge in [-0.2, -0.15) is 5.26 Å². The highest BCUT2D eigenvalue weighted by atomic mass is 16.5. The molecule has 2 N–H and O–H groups in total. The predicted molar refractivity (Wildman–Crippen MR) is 139 cm³/mol. The third kappa shape index (κ3) is 4.04. The van der Waals surface area contributed by atoms with E-state index in [2.05, 4.69) is 11.1 Å². The van der Waals surface area contributed by atoms with Crippen molar-refractivity contribution in [3.63, 3.8) is 0 Å². The molecule has 188 valence electrons. The van der Waals surface area contributed by atoms with Crippen LogP contribution in [0.5, 0.6) is 0 Å². The molecule has 1 atom stereocenters. The van der Waals surface area contributed by atoms with Crippen molar-refractivity contribution in [1.29, 1.82) is 5.26 Å². The normalized spacial score (nSPS) is 15.4. The number of para-hydroxylation sites is 2. The average molecular weight is 507 g/mol. The first-order valence-electron chi connectivity index (χ1n) is 11.6. The molecule has 38 heavy (non-hydrogen) atoms. The van der Waals surface area contributed by atoms with Gasteiger partial charge in [0.15, 0.2) is 5.58 Å². The fourth-order valence-corrected chi connectivity index (χ4v) is 4.56. The standard InChI is InChI=1S/C29H22N4O5/c1-36-28(34)24-23(17-9-4-3-5-10-17)20(16-30)26(31)33(25(24)29(35)37-2)19-12-8-11-18(15-19)27-32-21-13-6-7-14-22(21)38-27/h3-15,23H,31H2,1-2H3. The first kappa shape index (κ1) is 24.3. The number of benzene rings is 3. The third-order valence-corrected chi connectivity index (χ3v) is 6.26. The molecule has 2 heterocycles. The summed E-state index contributed by atoms with van der Waals surface area (Å²) in [5, 5.41) is 10.2. The van der Waals surface area contributed by atoms with E-state index in [1.54, 1.807) is 54.6 Å². The van der Waals surface area contributed by atoms with Crippen LogP contribution < -0.4 is 10.6 Å². The summed E-state index contributed by atoms with van der Waals surface area (Å²) in [7, 11) is 2.41. The molecule has 0 radical (unpaired) electrons. The second kappa shape index (κ2) is 9.95. The van der Waals surface area contributed by atoms with Gasteiger partial charge in [-0.15, -0.1) is 0 Å². The molecule has 0 aliphatic carbocycles. The lowest BCUT2D eigenvalue weighted by atomic mass is 9.81. The van der Waals surface area contributed by atoms with Crippen molar-refractivity contribution in [1.82, 2.24) is 4.98 Å². The van der Waals surface area contributed by atoms with Crippen molar-refractivity contribution in [3.8, 4) is 17.5 Å². The molecule has 4 aromatic rings. The molecule has 1 aliphatic heterocycles. The number of esters is 2. The summed E-state index contributed by atoms with van der Waals surface area (Å²) in [5.41, 5.74) is 9.32. The van der Waals surface area contributed by atoms with Gasteiger partial charge in [-0.05, 0) is 35.9 Å². The third-order valence-electron chi connectivity index (χ3n) is 6.26. The van der Waals surface area contributed by atoms with Crippen molar-refractivity contribution < 1.29 is 23.5 Å². The second-order valence-corrected chi connectivity index (χ2v) is 8.37. The zero-order valence-corrected chi connectivity index (χ0v) is 20.5. The molecule has 0 amide bonds. The lowest BCUT2D eigenvalue weighted by molar-refractivity contribution is -0.139. The summed E-state index contributed by atoms with van der Waals surface area (Å²) in [6.45, 7) is 0. The molecular formula is C29H22N4O5. The van der Waals surface area contributed by atoms with E-state index in [9.17, 15) is 14.9 Å². The monoisotopic (exact) mass is 506 g/mol. The van der Waals surface area contributed by atoms with Crippen LogP contribution >= 0.6 is 0 Å². The molecule has 1 aliphatic rings. The molecule has 0 spiro atoms. The van der Waals surface area contributed by atoms with Gasteiger partial charge >= 0.3 is 11.9 Å². The van der Waals surface area contributed by atoms with Crippen LogP contribution in [0.3, 0.4) is 0 Å². The quantitative estimate of drug-likeness (QED) is 0.391. The van der Waals surface area contributed by atoms with E-state index in [1.165, 1.54) is 19.1 Å². The molecule has 1 unspecified atom stereocenters. The van der Waals surface area contributed by atoms with E-state index in [1.807, 2.05) is 24.3 Å². The molecule has 0 fully saturated rings. The number of hydrogen-bond acceptors (Lipinski definition) is 9. The van der Waals surface area contributed by atoms with Crippen molar-refractivity contribution in [2.24, 2.45) is 5.73 Å². The van der Waals surface area contributed by atoms with Crippen LogP contribution in [0.25, 0.3) is 22.6 Å². The van der Waals surface area contributed by atoms with Crippen LogP contribution in [-0.2, 0) is 19.1 Å². The summed E-state index contributed by atoms with van der Waals surface area (Å²) in [6, 6.07) is 25.2. The van der Waals surface area contributed by atoms with Crippen LogP contribution in [0.4, 0.5) is 5.69 Å². The minimum absolute atomic E-state index is 0.0240. The summed E-state index contributed by atoms with van der Waals surface area (Å²) in [5.74, 6) is -2.23.